The van der Waals surface area contributed by atoms with Crippen LogP contribution in [0.2, 0.25) is 0 Å². The third-order valence-corrected chi connectivity index (χ3v) is 3.31. The topological polar surface area (TPSA) is 81.4 Å². The largest absolute Gasteiger partial charge is 0.374 e. The molecule has 5 nitrogen and oxygen atoms in total. The molecular weight excluding hydrogens is 216 g/mol. The van der Waals surface area contributed by atoms with Crippen LogP contribution in [0.15, 0.2) is 0 Å². The fourth-order valence-electron chi connectivity index (χ4n) is 1.44. The van der Waals surface area contributed by atoms with Gasteiger partial charge >= 0.3 is 0 Å². The van der Waals surface area contributed by atoms with Crippen LogP contribution in [0.1, 0.15) is 27.2 Å². The number of sulfone groups is 1. The van der Waals surface area contributed by atoms with Crippen molar-refractivity contribution in [2.24, 2.45) is 5.84 Å². The molecule has 0 aromatic heterocycles. The Morgan fingerprint density at radius 3 is 2.33 bits per heavy atom. The van der Waals surface area contributed by atoms with Crippen LogP contribution in [-0.4, -0.2) is 38.7 Å². The van der Waals surface area contributed by atoms with E-state index in [0.717, 1.165) is 0 Å². The maximum atomic E-state index is 11.0. The molecule has 0 aromatic rings. The summed E-state index contributed by atoms with van der Waals surface area (Å²) in [7, 11) is -2.96. The molecule has 0 aliphatic rings. The lowest BCUT2D eigenvalue weighted by Gasteiger charge is -2.33. The maximum Gasteiger partial charge on any atom is 0.147 e. The first kappa shape index (κ1) is 14.8. The van der Waals surface area contributed by atoms with Crippen molar-refractivity contribution in [3.8, 4) is 0 Å². The van der Waals surface area contributed by atoms with E-state index in [4.69, 9.17) is 10.6 Å². The molecule has 0 aliphatic carbocycles. The van der Waals surface area contributed by atoms with Gasteiger partial charge in [0.1, 0.15) is 9.84 Å². The van der Waals surface area contributed by atoms with Gasteiger partial charge in [0.15, 0.2) is 0 Å². The third kappa shape index (κ3) is 6.09. The molecule has 0 aromatic carbocycles. The molecule has 1 unspecified atom stereocenters. The molecule has 92 valence electrons. The highest BCUT2D eigenvalue weighted by Gasteiger charge is 2.29. The highest BCUT2D eigenvalue weighted by atomic mass is 32.2. The summed E-state index contributed by atoms with van der Waals surface area (Å²) < 4.78 is 27.6. The first-order chi connectivity index (χ1) is 6.73. The van der Waals surface area contributed by atoms with Crippen molar-refractivity contribution in [2.75, 3.05) is 18.6 Å². The Hall–Kier alpha value is -0.170. The van der Waals surface area contributed by atoms with Crippen LogP contribution in [0.5, 0.6) is 0 Å². The van der Waals surface area contributed by atoms with E-state index in [2.05, 4.69) is 5.43 Å². The standard InChI is InChI=1S/C9H22N2O3S/c1-5-14-9(2,3)8(11-10)6-7-15(4,12)13/h8,11H,5-7,10H2,1-4H3. The number of ether oxygens (including phenoxy) is 1. The van der Waals surface area contributed by atoms with E-state index >= 15 is 0 Å². The molecule has 0 amide bonds. The molecule has 0 saturated heterocycles. The van der Waals surface area contributed by atoms with Gasteiger partial charge in [0.05, 0.1) is 17.4 Å². The summed E-state index contributed by atoms with van der Waals surface area (Å²) >= 11 is 0. The minimum atomic E-state index is -2.96. The summed E-state index contributed by atoms with van der Waals surface area (Å²) in [5.74, 6) is 5.50. The fraction of sp³-hybridized carbons (Fsp3) is 1.00. The highest BCUT2D eigenvalue weighted by Crippen LogP contribution is 2.17. The molecule has 15 heavy (non-hydrogen) atoms. The van der Waals surface area contributed by atoms with E-state index in [1.54, 1.807) is 0 Å². The summed E-state index contributed by atoms with van der Waals surface area (Å²) in [5.41, 5.74) is 2.15. The SMILES string of the molecule is CCOC(C)(C)C(CCS(C)(=O)=O)NN. The van der Waals surface area contributed by atoms with E-state index in [-0.39, 0.29) is 11.8 Å². The first-order valence-corrected chi connectivity index (χ1v) is 7.06. The second-order valence-corrected chi connectivity index (χ2v) is 6.43. The normalized spacial score (nSPS) is 15.3. The molecule has 0 spiro atoms. The van der Waals surface area contributed by atoms with Crippen LogP contribution in [0, 0.1) is 0 Å². The van der Waals surface area contributed by atoms with Gasteiger partial charge in [-0.05, 0) is 27.2 Å². The minimum Gasteiger partial charge on any atom is -0.374 e. The minimum absolute atomic E-state index is 0.109. The molecule has 3 N–H and O–H groups in total. The van der Waals surface area contributed by atoms with Gasteiger partial charge in [-0.2, -0.15) is 0 Å². The van der Waals surface area contributed by atoms with Crippen molar-refractivity contribution in [3.05, 3.63) is 0 Å². The Kier molecular flexibility index (Phi) is 5.72. The Morgan fingerprint density at radius 2 is 2.00 bits per heavy atom. The summed E-state index contributed by atoms with van der Waals surface area (Å²) in [6.45, 7) is 6.25. The van der Waals surface area contributed by atoms with Gasteiger partial charge in [-0.25, -0.2) is 8.42 Å². The van der Waals surface area contributed by atoms with Crippen molar-refractivity contribution in [1.82, 2.24) is 5.43 Å². The number of hydrogen-bond donors (Lipinski definition) is 2. The van der Waals surface area contributed by atoms with Crippen molar-refractivity contribution in [3.63, 3.8) is 0 Å². The quantitative estimate of drug-likeness (QED) is 0.484. The molecule has 0 rings (SSSR count). The van der Waals surface area contributed by atoms with Crippen LogP contribution in [0.25, 0.3) is 0 Å². The van der Waals surface area contributed by atoms with E-state index in [1.807, 2.05) is 20.8 Å². The number of nitrogens with two attached hydrogens (primary N) is 1. The van der Waals surface area contributed by atoms with Gasteiger partial charge in [0.25, 0.3) is 0 Å². The van der Waals surface area contributed by atoms with Crippen LogP contribution < -0.4 is 11.3 Å². The number of rotatable bonds is 7. The summed E-state index contributed by atoms with van der Waals surface area (Å²) in [6.07, 6.45) is 1.66. The second kappa shape index (κ2) is 5.79. The molecule has 0 bridgehead atoms. The van der Waals surface area contributed by atoms with Gasteiger partial charge in [-0.15, -0.1) is 0 Å². The lowest BCUT2D eigenvalue weighted by Crippen LogP contribution is -2.52. The molecule has 0 radical (unpaired) electrons. The first-order valence-electron chi connectivity index (χ1n) is 5.00. The monoisotopic (exact) mass is 238 g/mol. The van der Waals surface area contributed by atoms with Crippen molar-refractivity contribution >= 4 is 9.84 Å². The molecule has 0 heterocycles. The Balaban J connectivity index is 4.36. The average molecular weight is 238 g/mol. The molecule has 0 fully saturated rings. The lowest BCUT2D eigenvalue weighted by atomic mass is 9.97. The molecule has 6 heteroatoms. The van der Waals surface area contributed by atoms with E-state index in [0.29, 0.717) is 13.0 Å². The van der Waals surface area contributed by atoms with Crippen molar-refractivity contribution in [1.29, 1.82) is 0 Å². The van der Waals surface area contributed by atoms with Gasteiger partial charge in [0.2, 0.25) is 0 Å². The highest BCUT2D eigenvalue weighted by molar-refractivity contribution is 7.90. The summed E-state index contributed by atoms with van der Waals surface area (Å²) in [6, 6.07) is -0.174. The van der Waals surface area contributed by atoms with Gasteiger partial charge in [0, 0.05) is 12.9 Å². The third-order valence-electron chi connectivity index (χ3n) is 2.33. The van der Waals surface area contributed by atoms with E-state index in [9.17, 15) is 8.42 Å². The predicted molar refractivity (Wildman–Crippen MR) is 61.1 cm³/mol. The van der Waals surface area contributed by atoms with E-state index < -0.39 is 15.4 Å². The maximum absolute atomic E-state index is 11.0. The summed E-state index contributed by atoms with van der Waals surface area (Å²) in [5, 5.41) is 0. The predicted octanol–water partition coefficient (Wildman–Crippen LogP) is 0.0681. The van der Waals surface area contributed by atoms with Crippen molar-refractivity contribution < 1.29 is 13.2 Å². The molecule has 1 atom stereocenters. The van der Waals surface area contributed by atoms with Gasteiger partial charge in [-0.3, -0.25) is 11.3 Å². The zero-order chi connectivity index (χ0) is 12.1. The van der Waals surface area contributed by atoms with Crippen LogP contribution >= 0.6 is 0 Å². The number of hydrogen-bond acceptors (Lipinski definition) is 5. The zero-order valence-electron chi connectivity index (χ0n) is 9.91. The number of hydrazine groups is 1. The Morgan fingerprint density at radius 1 is 1.47 bits per heavy atom. The zero-order valence-corrected chi connectivity index (χ0v) is 10.7. The smallest absolute Gasteiger partial charge is 0.147 e. The van der Waals surface area contributed by atoms with Crippen LogP contribution in [-0.2, 0) is 14.6 Å². The molecule has 0 saturated carbocycles. The van der Waals surface area contributed by atoms with Gasteiger partial charge in [-0.1, -0.05) is 0 Å². The Labute approximate surface area is 92.3 Å². The second-order valence-electron chi connectivity index (χ2n) is 4.17. The fourth-order valence-corrected chi connectivity index (χ4v) is 2.10. The summed E-state index contributed by atoms with van der Waals surface area (Å²) in [4.78, 5) is 0. The van der Waals surface area contributed by atoms with Gasteiger partial charge < -0.3 is 4.74 Å². The molecule has 0 aliphatic heterocycles. The van der Waals surface area contributed by atoms with Crippen LogP contribution in [0.3, 0.4) is 0 Å². The van der Waals surface area contributed by atoms with E-state index in [1.165, 1.54) is 6.26 Å². The average Bonchev–Trinajstić information content (AvgIpc) is 2.02. The Bertz CT molecular complexity index is 275. The number of nitrogens with one attached hydrogen (secondary N) is 1. The van der Waals surface area contributed by atoms with Crippen molar-refractivity contribution in [2.45, 2.75) is 38.8 Å². The van der Waals surface area contributed by atoms with Crippen LogP contribution in [0.4, 0.5) is 0 Å². The lowest BCUT2D eigenvalue weighted by molar-refractivity contribution is -0.0388. The molecular formula is C9H22N2O3S.